The molecule has 1 aromatic carbocycles. The van der Waals surface area contributed by atoms with Gasteiger partial charge in [-0.3, -0.25) is 4.79 Å². The molecule has 0 aliphatic heterocycles. The van der Waals surface area contributed by atoms with Crippen LogP contribution in [0.2, 0.25) is 0 Å². The molecule has 2 fully saturated rings. The number of ether oxygens (including phenoxy) is 1. The Bertz CT molecular complexity index is 712. The van der Waals surface area contributed by atoms with Crippen LogP contribution >= 0.6 is 0 Å². The Hall–Kier alpha value is -1.46. The van der Waals surface area contributed by atoms with E-state index in [9.17, 15) is 14.3 Å². The molecule has 4 atom stereocenters. The summed E-state index contributed by atoms with van der Waals surface area (Å²) in [6, 6.07) is 4.27. The Labute approximate surface area is 161 Å². The van der Waals surface area contributed by atoms with E-state index >= 15 is 0 Å². The van der Waals surface area contributed by atoms with Crippen molar-refractivity contribution in [3.8, 4) is 5.75 Å². The molecule has 0 spiro atoms. The number of esters is 1. The Morgan fingerprint density at radius 1 is 1.30 bits per heavy atom. The largest absolute Gasteiger partial charge is 0.426 e. The van der Waals surface area contributed by atoms with Crippen LogP contribution < -0.4 is 4.74 Å². The monoisotopic (exact) mass is 377 g/mol. The van der Waals surface area contributed by atoms with Gasteiger partial charge in [0.2, 0.25) is 0 Å². The standard InChI is InChI=1S/C22H32FNO3/c1-21(2,3)20(25)27-18-10-16(9-17(23)11-18)22(26)12-14-6-7-15(8-14)19(22)13-24(4)5/h9-11,14-15,19,26H,6-8,12-13H2,1-5H3/t14-,15+,19-,22-/m0/s1. The topological polar surface area (TPSA) is 49.8 Å². The van der Waals surface area contributed by atoms with Gasteiger partial charge in [0.15, 0.2) is 0 Å². The number of carbonyl (C=O) groups is 1. The molecule has 1 aromatic rings. The smallest absolute Gasteiger partial charge is 0.316 e. The van der Waals surface area contributed by atoms with Crippen LogP contribution in [-0.2, 0) is 10.4 Å². The lowest BCUT2D eigenvalue weighted by Gasteiger charge is -2.45. The number of halogens is 1. The number of carbonyl (C=O) groups excluding carboxylic acids is 1. The number of rotatable bonds is 4. The van der Waals surface area contributed by atoms with E-state index in [1.54, 1.807) is 26.8 Å². The first-order valence-electron chi connectivity index (χ1n) is 9.89. The Balaban J connectivity index is 1.96. The van der Waals surface area contributed by atoms with Crippen LogP contribution in [0.15, 0.2) is 18.2 Å². The summed E-state index contributed by atoms with van der Waals surface area (Å²) in [4.78, 5) is 14.3. The first kappa shape index (κ1) is 20.3. The first-order valence-corrected chi connectivity index (χ1v) is 9.89. The maximum Gasteiger partial charge on any atom is 0.316 e. The first-order chi connectivity index (χ1) is 12.5. The minimum Gasteiger partial charge on any atom is -0.426 e. The molecule has 5 heteroatoms. The van der Waals surface area contributed by atoms with Crippen molar-refractivity contribution in [3.63, 3.8) is 0 Å². The van der Waals surface area contributed by atoms with Crippen molar-refractivity contribution in [1.82, 2.24) is 4.90 Å². The Morgan fingerprint density at radius 2 is 2.00 bits per heavy atom. The molecule has 0 saturated heterocycles. The van der Waals surface area contributed by atoms with Gasteiger partial charge in [0.05, 0.1) is 11.0 Å². The van der Waals surface area contributed by atoms with Crippen molar-refractivity contribution < 1.29 is 19.0 Å². The lowest BCUT2D eigenvalue weighted by molar-refractivity contribution is -0.143. The van der Waals surface area contributed by atoms with Crippen LogP contribution in [0.25, 0.3) is 0 Å². The van der Waals surface area contributed by atoms with Gasteiger partial charge in [-0.1, -0.05) is 6.42 Å². The van der Waals surface area contributed by atoms with Gasteiger partial charge in [-0.25, -0.2) is 4.39 Å². The second-order valence-electron chi connectivity index (χ2n) is 9.75. The van der Waals surface area contributed by atoms with Gasteiger partial charge < -0.3 is 14.7 Å². The number of fused-ring (bicyclic) bond motifs is 2. The van der Waals surface area contributed by atoms with Gasteiger partial charge >= 0.3 is 5.97 Å². The molecule has 2 aliphatic rings. The second-order valence-corrected chi connectivity index (χ2v) is 9.75. The molecule has 0 aromatic heterocycles. The lowest BCUT2D eigenvalue weighted by atomic mass is 9.66. The quantitative estimate of drug-likeness (QED) is 0.637. The van der Waals surface area contributed by atoms with Crippen molar-refractivity contribution in [3.05, 3.63) is 29.6 Å². The number of benzene rings is 1. The van der Waals surface area contributed by atoms with Crippen LogP contribution in [0.5, 0.6) is 5.75 Å². The third kappa shape index (κ3) is 4.19. The number of hydrogen-bond donors (Lipinski definition) is 1. The van der Waals surface area contributed by atoms with E-state index in [0.29, 0.717) is 23.8 Å². The highest BCUT2D eigenvalue weighted by molar-refractivity contribution is 5.77. The molecular formula is C22H32FNO3. The van der Waals surface area contributed by atoms with E-state index < -0.39 is 22.8 Å². The molecule has 27 heavy (non-hydrogen) atoms. The van der Waals surface area contributed by atoms with Crippen molar-refractivity contribution in [1.29, 1.82) is 0 Å². The highest BCUT2D eigenvalue weighted by atomic mass is 19.1. The van der Waals surface area contributed by atoms with Crippen LogP contribution in [0.3, 0.4) is 0 Å². The summed E-state index contributed by atoms with van der Waals surface area (Å²) in [7, 11) is 4.01. The van der Waals surface area contributed by atoms with Gasteiger partial charge in [-0.2, -0.15) is 0 Å². The Kier molecular flexibility index (Phi) is 5.39. The van der Waals surface area contributed by atoms with Crippen LogP contribution in [0, 0.1) is 29.0 Å². The van der Waals surface area contributed by atoms with Crippen molar-refractivity contribution in [2.75, 3.05) is 20.6 Å². The zero-order valence-corrected chi connectivity index (χ0v) is 17.1. The molecule has 2 saturated carbocycles. The predicted octanol–water partition coefficient (Wildman–Crippen LogP) is 3.96. The molecule has 2 aliphatic carbocycles. The van der Waals surface area contributed by atoms with Gasteiger partial charge in [0, 0.05) is 18.5 Å². The zero-order chi connectivity index (χ0) is 20.0. The highest BCUT2D eigenvalue weighted by Crippen LogP contribution is 2.54. The van der Waals surface area contributed by atoms with Gasteiger partial charge in [-0.15, -0.1) is 0 Å². The average Bonchev–Trinajstić information content (AvgIpc) is 2.93. The zero-order valence-electron chi connectivity index (χ0n) is 17.1. The van der Waals surface area contributed by atoms with E-state index in [4.69, 9.17) is 4.74 Å². The van der Waals surface area contributed by atoms with Crippen LogP contribution in [0.1, 0.15) is 52.0 Å². The maximum absolute atomic E-state index is 14.4. The summed E-state index contributed by atoms with van der Waals surface area (Å²) >= 11 is 0. The molecular weight excluding hydrogens is 345 g/mol. The fraction of sp³-hybridized carbons (Fsp3) is 0.682. The van der Waals surface area contributed by atoms with Crippen LogP contribution in [0.4, 0.5) is 4.39 Å². The van der Waals surface area contributed by atoms with Crippen molar-refractivity contribution in [2.45, 2.75) is 52.1 Å². The van der Waals surface area contributed by atoms with E-state index in [1.807, 2.05) is 14.1 Å². The fourth-order valence-corrected chi connectivity index (χ4v) is 4.80. The molecule has 3 rings (SSSR count). The van der Waals surface area contributed by atoms with Crippen molar-refractivity contribution >= 4 is 5.97 Å². The van der Waals surface area contributed by atoms with Gasteiger partial charge in [-0.05, 0) is 83.7 Å². The summed E-state index contributed by atoms with van der Waals surface area (Å²) in [6.45, 7) is 6.03. The number of aliphatic hydroxyl groups is 1. The number of hydrogen-bond acceptors (Lipinski definition) is 4. The predicted molar refractivity (Wildman–Crippen MR) is 103 cm³/mol. The summed E-state index contributed by atoms with van der Waals surface area (Å²) in [5.74, 6) is 0.222. The number of nitrogens with zero attached hydrogens (tertiary/aromatic N) is 1. The average molecular weight is 378 g/mol. The van der Waals surface area contributed by atoms with E-state index in [1.165, 1.54) is 12.1 Å². The maximum atomic E-state index is 14.4. The summed E-state index contributed by atoms with van der Waals surface area (Å²) in [5, 5.41) is 11.7. The summed E-state index contributed by atoms with van der Waals surface area (Å²) in [6.07, 6.45) is 4.02. The molecule has 0 heterocycles. The normalized spacial score (nSPS) is 30.6. The highest BCUT2D eigenvalue weighted by Gasteiger charge is 2.51. The minimum atomic E-state index is -1.10. The Morgan fingerprint density at radius 3 is 2.63 bits per heavy atom. The fourth-order valence-electron chi connectivity index (χ4n) is 4.80. The van der Waals surface area contributed by atoms with E-state index in [0.717, 1.165) is 25.8 Å². The van der Waals surface area contributed by atoms with Gasteiger partial charge in [0.25, 0.3) is 0 Å². The van der Waals surface area contributed by atoms with Crippen LogP contribution in [-0.4, -0.2) is 36.6 Å². The van der Waals surface area contributed by atoms with Crippen molar-refractivity contribution in [2.24, 2.45) is 23.2 Å². The third-order valence-electron chi connectivity index (χ3n) is 6.12. The summed E-state index contributed by atoms with van der Waals surface area (Å²) in [5.41, 5.74) is -1.25. The second kappa shape index (κ2) is 7.17. The van der Waals surface area contributed by atoms with E-state index in [-0.39, 0.29) is 11.7 Å². The SMILES string of the molecule is CN(C)C[C@H]1[C@@H]2CC[C@@H](C2)C[C@]1(O)c1cc(F)cc(OC(=O)C(C)(C)C)c1. The summed E-state index contributed by atoms with van der Waals surface area (Å²) < 4.78 is 19.8. The minimum absolute atomic E-state index is 0.0409. The molecule has 0 amide bonds. The molecule has 2 bridgehead atoms. The molecule has 0 unspecified atom stereocenters. The molecule has 0 radical (unpaired) electrons. The molecule has 1 N–H and O–H groups in total. The van der Waals surface area contributed by atoms with E-state index in [2.05, 4.69) is 4.90 Å². The van der Waals surface area contributed by atoms with Gasteiger partial charge in [0.1, 0.15) is 11.6 Å². The lowest BCUT2D eigenvalue weighted by Crippen LogP contribution is -2.47. The molecule has 4 nitrogen and oxygen atoms in total. The molecule has 150 valence electrons. The third-order valence-corrected chi connectivity index (χ3v) is 6.12.